The van der Waals surface area contributed by atoms with E-state index >= 15 is 0 Å². The topological polar surface area (TPSA) is 19.4 Å². The highest BCUT2D eigenvalue weighted by Crippen LogP contribution is 2.45. The largest absolute Gasteiger partial charge is 0.365 e. The maximum atomic E-state index is 4.50. The number of hydrogen-bond donors (Lipinski definition) is 0. The lowest BCUT2D eigenvalue weighted by atomic mass is 10.0. The summed E-state index contributed by atoms with van der Waals surface area (Å²) in [4.78, 5) is 9.68. The van der Waals surface area contributed by atoms with Gasteiger partial charge < -0.3 is 9.80 Å². The van der Waals surface area contributed by atoms with Gasteiger partial charge in [0.25, 0.3) is 0 Å². The van der Waals surface area contributed by atoms with Gasteiger partial charge in [0.1, 0.15) is 0 Å². The van der Waals surface area contributed by atoms with Crippen molar-refractivity contribution in [3.05, 3.63) is 58.2 Å². The molecular weight excluding hydrogens is 326 g/mol. The van der Waals surface area contributed by atoms with E-state index in [2.05, 4.69) is 43.8 Å². The number of pyridine rings is 1. The molecule has 1 fully saturated rings. The van der Waals surface area contributed by atoms with E-state index in [1.807, 2.05) is 12.4 Å². The van der Waals surface area contributed by atoms with Crippen LogP contribution in [-0.2, 0) is 0 Å². The van der Waals surface area contributed by atoms with Gasteiger partial charge in [-0.1, -0.05) is 6.42 Å². The fraction of sp³-hybridized carbons (Fsp3) is 0.381. The number of allylic oxidation sites excluding steroid dienone is 2. The number of rotatable bonds is 5. The van der Waals surface area contributed by atoms with Gasteiger partial charge in [-0.3, -0.25) is 4.98 Å². The molecule has 1 saturated heterocycles. The van der Waals surface area contributed by atoms with Crippen molar-refractivity contribution in [2.45, 2.75) is 19.3 Å². The standard InChI is InChI=1S/C21H23N3S/c1-2-5-23(6-3-1)7-8-24-14-20(19-11-21(19)24)18-10-17(12-22-13-18)16-4-9-25-15-16/h4,9-13,15H,1-3,5-8,14H2. The fourth-order valence-electron chi connectivity index (χ4n) is 4.05. The van der Waals surface area contributed by atoms with Crippen molar-refractivity contribution < 1.29 is 0 Å². The van der Waals surface area contributed by atoms with Gasteiger partial charge in [0, 0.05) is 48.9 Å². The first-order valence-electron chi connectivity index (χ1n) is 9.29. The second kappa shape index (κ2) is 6.43. The second-order valence-corrected chi connectivity index (χ2v) is 8.00. The SMILES string of the molecule is C1=C2C1=C(c1cncc(-c3ccsc3)c1)CN2CCN1CCCCC1. The maximum absolute atomic E-state index is 4.50. The summed E-state index contributed by atoms with van der Waals surface area (Å²) in [5, 5.41) is 4.32. The van der Waals surface area contributed by atoms with E-state index < -0.39 is 0 Å². The van der Waals surface area contributed by atoms with E-state index in [-0.39, 0.29) is 0 Å². The zero-order valence-corrected chi connectivity index (χ0v) is 15.3. The first-order valence-corrected chi connectivity index (χ1v) is 10.2. The van der Waals surface area contributed by atoms with E-state index in [1.54, 1.807) is 11.3 Å². The average molecular weight is 350 g/mol. The first-order chi connectivity index (χ1) is 12.4. The van der Waals surface area contributed by atoms with Crippen LogP contribution >= 0.6 is 11.3 Å². The van der Waals surface area contributed by atoms with Crippen LogP contribution in [0.2, 0.25) is 0 Å². The van der Waals surface area contributed by atoms with Gasteiger partial charge in [-0.2, -0.15) is 11.3 Å². The van der Waals surface area contributed by atoms with Gasteiger partial charge in [-0.05, 0) is 71.6 Å². The van der Waals surface area contributed by atoms with Gasteiger partial charge in [-0.25, -0.2) is 0 Å². The summed E-state index contributed by atoms with van der Waals surface area (Å²) in [7, 11) is 0. The molecule has 3 aliphatic rings. The van der Waals surface area contributed by atoms with Crippen LogP contribution in [0.25, 0.3) is 16.7 Å². The first kappa shape index (κ1) is 15.4. The van der Waals surface area contributed by atoms with Crippen LogP contribution in [0.5, 0.6) is 0 Å². The van der Waals surface area contributed by atoms with Gasteiger partial charge in [0.2, 0.25) is 0 Å². The van der Waals surface area contributed by atoms with Crippen molar-refractivity contribution in [3.8, 4) is 11.1 Å². The van der Waals surface area contributed by atoms with Crippen LogP contribution in [0.15, 0.2) is 52.6 Å². The molecule has 0 unspecified atom stereocenters. The van der Waals surface area contributed by atoms with E-state index in [9.17, 15) is 0 Å². The molecule has 25 heavy (non-hydrogen) atoms. The van der Waals surface area contributed by atoms with Crippen LogP contribution in [0.3, 0.4) is 0 Å². The molecule has 0 radical (unpaired) electrons. The molecule has 2 aliphatic heterocycles. The molecule has 4 heterocycles. The van der Waals surface area contributed by atoms with Crippen LogP contribution in [0, 0.1) is 0 Å². The number of fused-ring (bicyclic) bond motifs is 1. The highest BCUT2D eigenvalue weighted by molar-refractivity contribution is 7.08. The Balaban J connectivity index is 1.27. The third-order valence-electron chi connectivity index (χ3n) is 5.56. The van der Waals surface area contributed by atoms with Crippen molar-refractivity contribution >= 4 is 16.9 Å². The van der Waals surface area contributed by atoms with Crippen LogP contribution in [-0.4, -0.2) is 47.5 Å². The normalized spacial score (nSPS) is 20.0. The molecule has 0 atom stereocenters. The highest BCUT2D eigenvalue weighted by atomic mass is 32.1. The summed E-state index contributed by atoms with van der Waals surface area (Å²) < 4.78 is 0. The lowest BCUT2D eigenvalue weighted by molar-refractivity contribution is 0.208. The number of thiophene rings is 1. The number of hydrogen-bond acceptors (Lipinski definition) is 4. The van der Waals surface area contributed by atoms with Crippen LogP contribution < -0.4 is 0 Å². The summed E-state index contributed by atoms with van der Waals surface area (Å²) in [6.45, 7) is 5.96. The Kier molecular flexibility index (Phi) is 3.95. The smallest absolute Gasteiger partial charge is 0.0454 e. The molecule has 1 aliphatic carbocycles. The Morgan fingerprint density at radius 2 is 1.88 bits per heavy atom. The lowest BCUT2D eigenvalue weighted by Gasteiger charge is -2.29. The Morgan fingerprint density at radius 3 is 2.72 bits per heavy atom. The minimum absolute atomic E-state index is 1.05. The maximum Gasteiger partial charge on any atom is 0.0454 e. The van der Waals surface area contributed by atoms with E-state index in [0.717, 1.165) is 13.1 Å². The molecule has 0 bridgehead atoms. The molecule has 2 aromatic heterocycles. The Bertz CT molecular complexity index is 829. The summed E-state index contributed by atoms with van der Waals surface area (Å²) in [6.07, 6.45) is 10.5. The Labute approximate surface area is 153 Å². The number of aromatic nitrogens is 1. The summed E-state index contributed by atoms with van der Waals surface area (Å²) in [5.41, 5.74) is 8.16. The summed E-state index contributed by atoms with van der Waals surface area (Å²) in [6, 6.07) is 4.47. The third-order valence-corrected chi connectivity index (χ3v) is 6.25. The van der Waals surface area contributed by atoms with Crippen molar-refractivity contribution in [1.82, 2.24) is 14.8 Å². The third kappa shape index (κ3) is 3.05. The number of likely N-dealkylation sites (tertiary alicyclic amines) is 1. The minimum atomic E-state index is 1.05. The van der Waals surface area contributed by atoms with Crippen molar-refractivity contribution in [2.75, 3.05) is 32.7 Å². The molecule has 0 amide bonds. The zero-order valence-electron chi connectivity index (χ0n) is 14.4. The van der Waals surface area contributed by atoms with Crippen LogP contribution in [0.1, 0.15) is 24.8 Å². The quantitative estimate of drug-likeness (QED) is 0.804. The molecular formula is C21H23N3S. The van der Waals surface area contributed by atoms with Crippen molar-refractivity contribution in [2.24, 2.45) is 0 Å². The fourth-order valence-corrected chi connectivity index (χ4v) is 4.71. The van der Waals surface area contributed by atoms with Gasteiger partial charge in [0.15, 0.2) is 0 Å². The molecule has 128 valence electrons. The predicted molar refractivity (Wildman–Crippen MR) is 104 cm³/mol. The summed E-state index contributed by atoms with van der Waals surface area (Å²) >= 11 is 1.74. The Hall–Kier alpha value is -1.91. The minimum Gasteiger partial charge on any atom is -0.365 e. The molecule has 5 rings (SSSR count). The highest BCUT2D eigenvalue weighted by Gasteiger charge is 2.35. The van der Waals surface area contributed by atoms with E-state index in [0.29, 0.717) is 0 Å². The molecule has 4 heteroatoms. The number of piperidine rings is 1. The zero-order chi connectivity index (χ0) is 16.6. The molecule has 2 aromatic rings. The second-order valence-electron chi connectivity index (χ2n) is 7.22. The molecule has 0 saturated carbocycles. The lowest BCUT2D eigenvalue weighted by Crippen LogP contribution is -2.36. The molecule has 0 aromatic carbocycles. The molecule has 0 spiro atoms. The molecule has 0 N–H and O–H groups in total. The number of nitrogens with zero attached hydrogens (tertiary/aromatic N) is 3. The molecule has 3 nitrogen and oxygen atoms in total. The van der Waals surface area contributed by atoms with E-state index in [4.69, 9.17) is 0 Å². The average Bonchev–Trinajstić information content (AvgIpc) is 3.11. The van der Waals surface area contributed by atoms with Gasteiger partial charge in [-0.15, -0.1) is 0 Å². The predicted octanol–water partition coefficient (Wildman–Crippen LogP) is 4.26. The monoisotopic (exact) mass is 349 g/mol. The summed E-state index contributed by atoms with van der Waals surface area (Å²) in [5.74, 6) is 0. The Morgan fingerprint density at radius 1 is 1.00 bits per heavy atom. The van der Waals surface area contributed by atoms with Crippen molar-refractivity contribution in [1.29, 1.82) is 0 Å². The van der Waals surface area contributed by atoms with Gasteiger partial charge in [0.05, 0.1) is 0 Å². The van der Waals surface area contributed by atoms with Gasteiger partial charge >= 0.3 is 0 Å². The van der Waals surface area contributed by atoms with E-state index in [1.165, 1.54) is 72.4 Å². The van der Waals surface area contributed by atoms with Crippen LogP contribution in [0.4, 0.5) is 0 Å². The van der Waals surface area contributed by atoms with Crippen molar-refractivity contribution in [3.63, 3.8) is 0 Å².